The van der Waals surface area contributed by atoms with Crippen LogP contribution in [0, 0.1) is 0 Å². The Bertz CT molecular complexity index is 322. The van der Waals surface area contributed by atoms with Gasteiger partial charge < -0.3 is 14.5 Å². The second kappa shape index (κ2) is 3.66. The SMILES string of the molecule is CN(C)c1onc(CC(=O)O)c1Cl. The van der Waals surface area contributed by atoms with Gasteiger partial charge in [-0.25, -0.2) is 0 Å². The van der Waals surface area contributed by atoms with Crippen LogP contribution in [0.3, 0.4) is 0 Å². The predicted molar refractivity (Wildman–Crippen MR) is 47.2 cm³/mol. The molecule has 0 unspecified atom stereocenters. The average molecular weight is 205 g/mol. The quantitative estimate of drug-likeness (QED) is 0.796. The minimum Gasteiger partial charge on any atom is -0.481 e. The maximum atomic E-state index is 10.3. The molecule has 0 aliphatic rings. The van der Waals surface area contributed by atoms with Gasteiger partial charge in [-0.05, 0) is 0 Å². The molecule has 0 bridgehead atoms. The van der Waals surface area contributed by atoms with Crippen molar-refractivity contribution in [1.82, 2.24) is 5.16 Å². The lowest BCUT2D eigenvalue weighted by Gasteiger charge is -2.05. The van der Waals surface area contributed by atoms with Crippen molar-refractivity contribution in [3.8, 4) is 0 Å². The molecule has 0 spiro atoms. The molecule has 0 atom stereocenters. The van der Waals surface area contributed by atoms with Gasteiger partial charge in [-0.15, -0.1) is 0 Å². The van der Waals surface area contributed by atoms with Crippen molar-refractivity contribution in [2.24, 2.45) is 0 Å². The molecule has 0 aromatic carbocycles. The Hall–Kier alpha value is -1.23. The van der Waals surface area contributed by atoms with Gasteiger partial charge in [0, 0.05) is 14.1 Å². The first-order chi connectivity index (χ1) is 6.02. The minimum atomic E-state index is -0.986. The number of nitrogens with zero attached hydrogens (tertiary/aromatic N) is 2. The molecule has 0 fully saturated rings. The van der Waals surface area contributed by atoms with Crippen LogP contribution in [0.15, 0.2) is 4.52 Å². The number of carboxylic acid groups (broad SMARTS) is 1. The van der Waals surface area contributed by atoms with E-state index < -0.39 is 5.97 Å². The highest BCUT2D eigenvalue weighted by molar-refractivity contribution is 6.33. The Morgan fingerprint density at radius 2 is 2.31 bits per heavy atom. The average Bonchev–Trinajstić information content (AvgIpc) is 2.32. The van der Waals surface area contributed by atoms with E-state index in [1.165, 1.54) is 0 Å². The van der Waals surface area contributed by atoms with Crippen molar-refractivity contribution >= 4 is 23.5 Å². The van der Waals surface area contributed by atoms with Gasteiger partial charge in [0.15, 0.2) is 0 Å². The van der Waals surface area contributed by atoms with E-state index in [9.17, 15) is 4.79 Å². The van der Waals surface area contributed by atoms with Crippen LogP contribution in [-0.4, -0.2) is 30.3 Å². The van der Waals surface area contributed by atoms with Crippen molar-refractivity contribution in [3.05, 3.63) is 10.7 Å². The molecule has 1 heterocycles. The van der Waals surface area contributed by atoms with Crippen molar-refractivity contribution in [1.29, 1.82) is 0 Å². The van der Waals surface area contributed by atoms with Gasteiger partial charge in [-0.3, -0.25) is 4.79 Å². The Kier molecular flexibility index (Phi) is 2.77. The highest BCUT2D eigenvalue weighted by Gasteiger charge is 2.17. The van der Waals surface area contributed by atoms with Crippen molar-refractivity contribution in [2.45, 2.75) is 6.42 Å². The molecule has 72 valence electrons. The summed E-state index contributed by atoms with van der Waals surface area (Å²) in [4.78, 5) is 12.0. The summed E-state index contributed by atoms with van der Waals surface area (Å²) in [5, 5.41) is 12.3. The van der Waals surface area contributed by atoms with Gasteiger partial charge in [-0.2, -0.15) is 0 Å². The fourth-order valence-electron chi connectivity index (χ4n) is 0.833. The number of hydrogen-bond donors (Lipinski definition) is 1. The van der Waals surface area contributed by atoms with Gasteiger partial charge in [-0.1, -0.05) is 16.8 Å². The highest BCUT2D eigenvalue weighted by atomic mass is 35.5. The van der Waals surface area contributed by atoms with E-state index in [1.54, 1.807) is 19.0 Å². The zero-order valence-electron chi connectivity index (χ0n) is 7.24. The largest absolute Gasteiger partial charge is 0.481 e. The maximum absolute atomic E-state index is 10.3. The molecular weight excluding hydrogens is 196 g/mol. The van der Waals surface area contributed by atoms with Crippen molar-refractivity contribution in [3.63, 3.8) is 0 Å². The van der Waals surface area contributed by atoms with Crippen LogP contribution < -0.4 is 4.90 Å². The standard InChI is InChI=1S/C7H9ClN2O3/c1-10(2)7-6(8)4(9-13-7)3-5(11)12/h3H2,1-2H3,(H,11,12). The molecule has 1 aromatic rings. The molecule has 0 aliphatic carbocycles. The first kappa shape index (κ1) is 9.85. The van der Waals surface area contributed by atoms with E-state index in [-0.39, 0.29) is 17.1 Å². The van der Waals surface area contributed by atoms with Crippen molar-refractivity contribution in [2.75, 3.05) is 19.0 Å². The smallest absolute Gasteiger partial charge is 0.309 e. The van der Waals surface area contributed by atoms with Crippen LogP contribution in [-0.2, 0) is 11.2 Å². The third-order valence-electron chi connectivity index (χ3n) is 1.41. The number of hydrogen-bond acceptors (Lipinski definition) is 4. The van der Waals surface area contributed by atoms with Gasteiger partial charge in [0.05, 0.1) is 6.42 Å². The molecule has 1 aromatic heterocycles. The van der Waals surface area contributed by atoms with Gasteiger partial charge in [0.2, 0.25) is 5.88 Å². The maximum Gasteiger partial charge on any atom is 0.309 e. The number of carbonyl (C=O) groups is 1. The molecule has 0 aliphatic heterocycles. The van der Waals surface area contributed by atoms with Crippen LogP contribution >= 0.6 is 11.6 Å². The fraction of sp³-hybridized carbons (Fsp3) is 0.429. The van der Waals surface area contributed by atoms with Crippen LogP contribution in [0.2, 0.25) is 5.02 Å². The lowest BCUT2D eigenvalue weighted by molar-refractivity contribution is -0.136. The molecule has 0 saturated carbocycles. The van der Waals surface area contributed by atoms with E-state index in [0.717, 1.165) is 0 Å². The predicted octanol–water partition coefficient (Wildman–Crippen LogP) is 1.02. The summed E-state index contributed by atoms with van der Waals surface area (Å²) in [7, 11) is 3.47. The van der Waals surface area contributed by atoms with E-state index in [4.69, 9.17) is 21.2 Å². The second-order valence-corrected chi connectivity index (χ2v) is 3.09. The zero-order valence-corrected chi connectivity index (χ0v) is 8.00. The molecular formula is C7H9ClN2O3. The van der Waals surface area contributed by atoms with E-state index in [2.05, 4.69) is 5.16 Å². The monoisotopic (exact) mass is 204 g/mol. The van der Waals surface area contributed by atoms with E-state index >= 15 is 0 Å². The first-order valence-electron chi connectivity index (χ1n) is 3.55. The Morgan fingerprint density at radius 1 is 1.69 bits per heavy atom. The summed E-state index contributed by atoms with van der Waals surface area (Å²) in [6.45, 7) is 0. The Balaban J connectivity index is 2.92. The van der Waals surface area contributed by atoms with Gasteiger partial charge >= 0.3 is 5.97 Å². The minimum absolute atomic E-state index is 0.226. The molecule has 6 heteroatoms. The lowest BCUT2D eigenvalue weighted by atomic mass is 10.3. The number of aliphatic carboxylic acids is 1. The number of aromatic nitrogens is 1. The summed E-state index contributed by atoms with van der Waals surface area (Å²) >= 11 is 5.80. The summed E-state index contributed by atoms with van der Waals surface area (Å²) < 4.78 is 4.84. The Morgan fingerprint density at radius 3 is 2.69 bits per heavy atom. The van der Waals surface area contributed by atoms with Crippen LogP contribution in [0.4, 0.5) is 5.88 Å². The van der Waals surface area contributed by atoms with Crippen LogP contribution in [0.1, 0.15) is 5.69 Å². The van der Waals surface area contributed by atoms with Gasteiger partial charge in [0.1, 0.15) is 10.7 Å². The molecule has 5 nitrogen and oxygen atoms in total. The third kappa shape index (κ3) is 2.12. The van der Waals surface area contributed by atoms with E-state index in [0.29, 0.717) is 5.88 Å². The molecule has 0 amide bonds. The molecule has 13 heavy (non-hydrogen) atoms. The van der Waals surface area contributed by atoms with Crippen LogP contribution in [0.5, 0.6) is 0 Å². The molecule has 0 radical (unpaired) electrons. The first-order valence-corrected chi connectivity index (χ1v) is 3.93. The summed E-state index contributed by atoms with van der Waals surface area (Å²) in [6, 6.07) is 0. The lowest BCUT2D eigenvalue weighted by Crippen LogP contribution is -2.08. The molecule has 1 N–H and O–H groups in total. The molecule has 1 rings (SSSR count). The third-order valence-corrected chi connectivity index (χ3v) is 1.79. The topological polar surface area (TPSA) is 66.6 Å². The highest BCUT2D eigenvalue weighted by Crippen LogP contribution is 2.27. The normalized spacial score (nSPS) is 10.1. The zero-order chi connectivity index (χ0) is 10.0. The van der Waals surface area contributed by atoms with Crippen molar-refractivity contribution < 1.29 is 14.4 Å². The van der Waals surface area contributed by atoms with E-state index in [1.807, 2.05) is 0 Å². The summed E-state index contributed by atoms with van der Waals surface area (Å²) in [5.74, 6) is -0.613. The fourth-order valence-corrected chi connectivity index (χ4v) is 1.14. The van der Waals surface area contributed by atoms with Crippen LogP contribution in [0.25, 0.3) is 0 Å². The number of anilines is 1. The number of carboxylic acids is 1. The number of halogens is 1. The Labute approximate surface area is 79.9 Å². The summed E-state index contributed by atoms with van der Waals surface area (Å²) in [6.07, 6.45) is -0.226. The van der Waals surface area contributed by atoms with Gasteiger partial charge in [0.25, 0.3) is 0 Å². The molecule has 0 saturated heterocycles. The number of rotatable bonds is 3. The second-order valence-electron chi connectivity index (χ2n) is 2.71. The summed E-state index contributed by atoms with van der Waals surface area (Å²) in [5.41, 5.74) is 0.248.